The van der Waals surface area contributed by atoms with Gasteiger partial charge in [-0.25, -0.2) is 9.97 Å². The summed E-state index contributed by atoms with van der Waals surface area (Å²) in [6, 6.07) is 3.99. The first kappa shape index (κ1) is 12.4. The van der Waals surface area contributed by atoms with Crippen molar-refractivity contribution in [1.82, 2.24) is 9.97 Å². The molecule has 1 heterocycles. The largest absolute Gasteiger partial charge is 0.338 e. The van der Waals surface area contributed by atoms with Gasteiger partial charge in [-0.05, 0) is 25.8 Å². The number of nitriles is 1. The Labute approximate surface area is 96.9 Å². The van der Waals surface area contributed by atoms with Gasteiger partial charge in [0.1, 0.15) is 11.8 Å². The standard InChI is InChI=1S/C12H18N4/c1-9(2)8-16(10(3)4)12-14-6-5-11(7-13)15-12/h5-6,9-10H,8H2,1-4H3. The normalized spacial score (nSPS) is 10.6. The molecule has 0 aromatic carbocycles. The molecular formula is C12H18N4. The Hall–Kier alpha value is -1.63. The highest BCUT2D eigenvalue weighted by Crippen LogP contribution is 2.13. The molecule has 0 aliphatic rings. The lowest BCUT2D eigenvalue weighted by Gasteiger charge is -2.28. The van der Waals surface area contributed by atoms with Crippen molar-refractivity contribution in [3.05, 3.63) is 18.0 Å². The summed E-state index contributed by atoms with van der Waals surface area (Å²) in [5.74, 6) is 1.18. The maximum Gasteiger partial charge on any atom is 0.226 e. The summed E-state index contributed by atoms with van der Waals surface area (Å²) in [7, 11) is 0. The molecular weight excluding hydrogens is 200 g/mol. The Morgan fingerprint density at radius 3 is 2.56 bits per heavy atom. The van der Waals surface area contributed by atoms with Crippen molar-refractivity contribution in [2.24, 2.45) is 5.92 Å². The molecule has 0 amide bonds. The number of hydrogen-bond donors (Lipinski definition) is 0. The van der Waals surface area contributed by atoms with Gasteiger partial charge < -0.3 is 4.90 Å². The van der Waals surface area contributed by atoms with Gasteiger partial charge in [0.25, 0.3) is 0 Å². The predicted molar refractivity (Wildman–Crippen MR) is 64.1 cm³/mol. The summed E-state index contributed by atoms with van der Waals surface area (Å²) in [6.45, 7) is 9.41. The quantitative estimate of drug-likeness (QED) is 0.777. The molecule has 0 bridgehead atoms. The van der Waals surface area contributed by atoms with E-state index in [1.807, 2.05) is 6.07 Å². The maximum absolute atomic E-state index is 8.81. The van der Waals surface area contributed by atoms with Crippen molar-refractivity contribution in [2.75, 3.05) is 11.4 Å². The van der Waals surface area contributed by atoms with Crippen molar-refractivity contribution in [3.8, 4) is 6.07 Å². The third-order valence-corrected chi connectivity index (χ3v) is 2.20. The topological polar surface area (TPSA) is 52.8 Å². The minimum atomic E-state index is 0.330. The summed E-state index contributed by atoms with van der Waals surface area (Å²) >= 11 is 0. The fourth-order valence-corrected chi connectivity index (χ4v) is 1.47. The Morgan fingerprint density at radius 1 is 1.38 bits per heavy atom. The van der Waals surface area contributed by atoms with Crippen LogP contribution in [-0.2, 0) is 0 Å². The molecule has 0 unspecified atom stereocenters. The molecule has 0 aliphatic carbocycles. The molecule has 0 saturated heterocycles. The Morgan fingerprint density at radius 2 is 2.06 bits per heavy atom. The van der Waals surface area contributed by atoms with Crippen LogP contribution in [0, 0.1) is 17.2 Å². The second-order valence-electron chi connectivity index (χ2n) is 4.49. The van der Waals surface area contributed by atoms with Gasteiger partial charge in [0.05, 0.1) is 0 Å². The van der Waals surface area contributed by atoms with Crippen molar-refractivity contribution >= 4 is 5.95 Å². The van der Waals surface area contributed by atoms with Crippen LogP contribution >= 0.6 is 0 Å². The second-order valence-corrected chi connectivity index (χ2v) is 4.49. The van der Waals surface area contributed by atoms with Crippen LogP contribution in [0.15, 0.2) is 12.3 Å². The first-order chi connectivity index (χ1) is 7.54. The summed E-state index contributed by atoms with van der Waals surface area (Å²) in [5, 5.41) is 8.81. The molecule has 1 rings (SSSR count). The molecule has 1 aromatic heterocycles. The summed E-state index contributed by atoms with van der Waals surface area (Å²) in [6.07, 6.45) is 1.64. The average Bonchev–Trinajstić information content (AvgIpc) is 2.25. The molecule has 16 heavy (non-hydrogen) atoms. The zero-order chi connectivity index (χ0) is 12.1. The van der Waals surface area contributed by atoms with E-state index in [9.17, 15) is 0 Å². The van der Waals surface area contributed by atoms with E-state index in [0.717, 1.165) is 6.54 Å². The van der Waals surface area contributed by atoms with Crippen LogP contribution in [0.4, 0.5) is 5.95 Å². The van der Waals surface area contributed by atoms with Gasteiger partial charge in [0.15, 0.2) is 0 Å². The Balaban J connectivity index is 2.97. The number of aromatic nitrogens is 2. The average molecular weight is 218 g/mol. The third kappa shape index (κ3) is 3.20. The van der Waals surface area contributed by atoms with Gasteiger partial charge in [-0.3, -0.25) is 0 Å². The van der Waals surface area contributed by atoms with Crippen LogP contribution in [0.1, 0.15) is 33.4 Å². The molecule has 0 fully saturated rings. The van der Waals surface area contributed by atoms with Crippen LogP contribution in [0.3, 0.4) is 0 Å². The van der Waals surface area contributed by atoms with E-state index in [1.54, 1.807) is 12.3 Å². The summed E-state index contributed by atoms with van der Waals surface area (Å²) in [4.78, 5) is 10.6. The third-order valence-electron chi connectivity index (χ3n) is 2.20. The van der Waals surface area contributed by atoms with Gasteiger partial charge in [0, 0.05) is 18.8 Å². The maximum atomic E-state index is 8.81. The molecule has 0 radical (unpaired) electrons. The number of nitrogens with zero attached hydrogens (tertiary/aromatic N) is 4. The van der Waals surface area contributed by atoms with Gasteiger partial charge in [-0.1, -0.05) is 13.8 Å². The minimum absolute atomic E-state index is 0.330. The van der Waals surface area contributed by atoms with E-state index in [2.05, 4.69) is 42.6 Å². The van der Waals surface area contributed by atoms with E-state index in [-0.39, 0.29) is 0 Å². The highest BCUT2D eigenvalue weighted by atomic mass is 15.3. The van der Waals surface area contributed by atoms with Crippen molar-refractivity contribution in [3.63, 3.8) is 0 Å². The van der Waals surface area contributed by atoms with Crippen LogP contribution in [0.5, 0.6) is 0 Å². The second kappa shape index (κ2) is 5.45. The van der Waals surface area contributed by atoms with E-state index < -0.39 is 0 Å². The fourth-order valence-electron chi connectivity index (χ4n) is 1.47. The minimum Gasteiger partial charge on any atom is -0.338 e. The van der Waals surface area contributed by atoms with Crippen molar-refractivity contribution < 1.29 is 0 Å². The number of anilines is 1. The lowest BCUT2D eigenvalue weighted by Crippen LogP contribution is -2.35. The van der Waals surface area contributed by atoms with Crippen molar-refractivity contribution in [1.29, 1.82) is 5.26 Å². The first-order valence-corrected chi connectivity index (χ1v) is 5.54. The smallest absolute Gasteiger partial charge is 0.226 e. The molecule has 0 saturated carbocycles. The monoisotopic (exact) mass is 218 g/mol. The van der Waals surface area contributed by atoms with Gasteiger partial charge in [-0.15, -0.1) is 0 Å². The highest BCUT2D eigenvalue weighted by molar-refractivity contribution is 5.34. The zero-order valence-corrected chi connectivity index (χ0v) is 10.3. The predicted octanol–water partition coefficient (Wildman–Crippen LogP) is 2.22. The molecule has 4 heteroatoms. The SMILES string of the molecule is CC(C)CN(c1nccc(C#N)n1)C(C)C. The molecule has 0 N–H and O–H groups in total. The van der Waals surface area contributed by atoms with Gasteiger partial charge in [-0.2, -0.15) is 5.26 Å². The van der Waals surface area contributed by atoms with Crippen LogP contribution in [0.2, 0.25) is 0 Å². The van der Waals surface area contributed by atoms with E-state index in [4.69, 9.17) is 5.26 Å². The van der Waals surface area contributed by atoms with Crippen LogP contribution < -0.4 is 4.90 Å². The molecule has 0 aliphatic heterocycles. The molecule has 1 aromatic rings. The van der Waals surface area contributed by atoms with Gasteiger partial charge in [0.2, 0.25) is 5.95 Å². The lowest BCUT2D eigenvalue weighted by molar-refractivity contribution is 0.560. The first-order valence-electron chi connectivity index (χ1n) is 5.54. The van der Waals surface area contributed by atoms with E-state index >= 15 is 0 Å². The zero-order valence-electron chi connectivity index (χ0n) is 10.3. The number of hydrogen-bond acceptors (Lipinski definition) is 4. The highest BCUT2D eigenvalue weighted by Gasteiger charge is 2.14. The summed E-state index contributed by atoms with van der Waals surface area (Å²) in [5.41, 5.74) is 0.416. The molecule has 86 valence electrons. The van der Waals surface area contributed by atoms with Crippen molar-refractivity contribution in [2.45, 2.75) is 33.7 Å². The van der Waals surface area contributed by atoms with E-state index in [1.165, 1.54) is 0 Å². The molecule has 0 atom stereocenters. The Kier molecular flexibility index (Phi) is 4.24. The Bertz CT molecular complexity index is 379. The van der Waals surface area contributed by atoms with Gasteiger partial charge >= 0.3 is 0 Å². The number of rotatable bonds is 4. The van der Waals surface area contributed by atoms with Crippen LogP contribution in [0.25, 0.3) is 0 Å². The molecule has 0 spiro atoms. The van der Waals surface area contributed by atoms with Crippen LogP contribution in [-0.4, -0.2) is 22.6 Å². The van der Waals surface area contributed by atoms with E-state index in [0.29, 0.717) is 23.6 Å². The molecule has 4 nitrogen and oxygen atoms in total. The summed E-state index contributed by atoms with van der Waals surface area (Å²) < 4.78 is 0. The fraction of sp³-hybridized carbons (Fsp3) is 0.583. The lowest BCUT2D eigenvalue weighted by atomic mass is 10.2.